The molecule has 6 nitrogen and oxygen atoms in total. The fourth-order valence-electron chi connectivity index (χ4n) is 3.62. The zero-order valence-corrected chi connectivity index (χ0v) is 17.8. The van der Waals surface area contributed by atoms with Gasteiger partial charge >= 0.3 is 0 Å². The molecule has 0 saturated carbocycles. The summed E-state index contributed by atoms with van der Waals surface area (Å²) in [6, 6.07) is 12.0. The smallest absolute Gasteiger partial charge is 0.248 e. The van der Waals surface area contributed by atoms with Crippen molar-refractivity contribution in [2.45, 2.75) is 45.6 Å². The minimum absolute atomic E-state index is 0.0585. The number of pyridine rings is 1. The zero-order chi connectivity index (χ0) is 20.8. The van der Waals surface area contributed by atoms with Gasteiger partial charge in [-0.1, -0.05) is 6.07 Å². The molecule has 29 heavy (non-hydrogen) atoms. The molecule has 2 heterocycles. The highest BCUT2D eigenvalue weighted by Gasteiger charge is 2.26. The highest BCUT2D eigenvalue weighted by atomic mass is 16.5. The van der Waals surface area contributed by atoms with E-state index in [2.05, 4.69) is 11.4 Å². The number of piperidine rings is 1. The molecule has 1 saturated heterocycles. The number of benzene rings is 1. The summed E-state index contributed by atoms with van der Waals surface area (Å²) in [6.07, 6.45) is 2.07. The van der Waals surface area contributed by atoms with Crippen LogP contribution in [0.25, 0.3) is 0 Å². The predicted octanol–water partition coefficient (Wildman–Crippen LogP) is 4.27. The molecule has 6 heteroatoms. The molecule has 0 bridgehead atoms. The number of ether oxygens (including phenoxy) is 2. The third kappa shape index (κ3) is 5.94. The van der Waals surface area contributed by atoms with Crippen LogP contribution in [-0.4, -0.2) is 48.7 Å². The van der Waals surface area contributed by atoms with Gasteiger partial charge in [0, 0.05) is 47.8 Å². The molecule has 0 radical (unpaired) electrons. The quantitative estimate of drug-likeness (QED) is 0.756. The number of anilines is 2. The zero-order valence-electron chi connectivity index (χ0n) is 17.8. The summed E-state index contributed by atoms with van der Waals surface area (Å²) in [6.45, 7) is 7.52. The third-order valence-electron chi connectivity index (χ3n) is 5.06. The Hall–Kier alpha value is -2.60. The number of nitrogens with one attached hydrogen (secondary N) is 1. The summed E-state index contributed by atoms with van der Waals surface area (Å²) in [5, 5.41) is 3.45. The van der Waals surface area contributed by atoms with Crippen LogP contribution in [0.2, 0.25) is 0 Å². The van der Waals surface area contributed by atoms with Crippen molar-refractivity contribution >= 4 is 17.3 Å². The van der Waals surface area contributed by atoms with E-state index in [4.69, 9.17) is 14.5 Å². The number of amides is 1. The van der Waals surface area contributed by atoms with E-state index in [9.17, 15) is 4.79 Å². The molecular formula is C23H31N3O3. The van der Waals surface area contributed by atoms with Crippen molar-refractivity contribution in [1.29, 1.82) is 0 Å². The van der Waals surface area contributed by atoms with Gasteiger partial charge in [0.05, 0.1) is 13.2 Å². The molecule has 1 amide bonds. The van der Waals surface area contributed by atoms with Gasteiger partial charge in [-0.2, -0.15) is 0 Å². The number of methoxy groups -OCH3 is 1. The average Bonchev–Trinajstić information content (AvgIpc) is 2.71. The number of aryl methyl sites for hydroxylation is 1. The number of nitrogens with zero attached hydrogens (tertiary/aromatic N) is 2. The van der Waals surface area contributed by atoms with Gasteiger partial charge in [0.2, 0.25) is 5.91 Å². The molecule has 2 aromatic rings. The first-order valence-corrected chi connectivity index (χ1v) is 10.2. The number of carbonyl (C=O) groups excluding carboxylic acids is 1. The molecule has 1 aromatic carbocycles. The molecule has 1 atom stereocenters. The molecule has 1 aliphatic rings. The summed E-state index contributed by atoms with van der Waals surface area (Å²) < 4.78 is 10.8. The van der Waals surface area contributed by atoms with Crippen molar-refractivity contribution < 1.29 is 14.3 Å². The highest BCUT2D eigenvalue weighted by molar-refractivity contribution is 5.77. The lowest BCUT2D eigenvalue weighted by Crippen LogP contribution is -2.41. The summed E-state index contributed by atoms with van der Waals surface area (Å²) >= 11 is 0. The average molecular weight is 398 g/mol. The number of hydrogen-bond acceptors (Lipinski definition) is 5. The minimum atomic E-state index is 0.0585. The Balaban J connectivity index is 1.72. The van der Waals surface area contributed by atoms with Crippen LogP contribution in [0.15, 0.2) is 36.4 Å². The van der Waals surface area contributed by atoms with E-state index in [0.29, 0.717) is 6.54 Å². The summed E-state index contributed by atoms with van der Waals surface area (Å²) in [4.78, 5) is 19.2. The van der Waals surface area contributed by atoms with E-state index in [-0.39, 0.29) is 24.5 Å². The van der Waals surface area contributed by atoms with E-state index < -0.39 is 0 Å². The lowest BCUT2D eigenvalue weighted by Gasteiger charge is -2.33. The van der Waals surface area contributed by atoms with Crippen LogP contribution in [0, 0.1) is 6.92 Å². The first-order chi connectivity index (χ1) is 13.9. The van der Waals surface area contributed by atoms with Crippen LogP contribution in [0.4, 0.5) is 11.4 Å². The number of hydrogen-bond donors (Lipinski definition) is 1. The second kappa shape index (κ2) is 9.74. The van der Waals surface area contributed by atoms with Crippen molar-refractivity contribution in [2.75, 3.05) is 32.1 Å². The van der Waals surface area contributed by atoms with Gasteiger partial charge in [-0.15, -0.1) is 0 Å². The largest absolute Gasteiger partial charge is 0.497 e. The SMILES string of the molecule is COc1cccc(Nc2cc(C)nc([C@H]3CCCN(C(=O)COC(C)C)C3)c2)c1. The van der Waals surface area contributed by atoms with Crippen molar-refractivity contribution in [3.63, 3.8) is 0 Å². The number of likely N-dealkylation sites (tertiary alicyclic amines) is 1. The monoisotopic (exact) mass is 397 g/mol. The fraction of sp³-hybridized carbons (Fsp3) is 0.478. The molecule has 3 rings (SSSR count). The van der Waals surface area contributed by atoms with Gasteiger partial charge in [-0.3, -0.25) is 9.78 Å². The van der Waals surface area contributed by atoms with E-state index in [1.54, 1.807) is 7.11 Å². The second-order valence-electron chi connectivity index (χ2n) is 7.82. The predicted molar refractivity (Wildman–Crippen MR) is 115 cm³/mol. The van der Waals surface area contributed by atoms with Crippen LogP contribution in [-0.2, 0) is 9.53 Å². The van der Waals surface area contributed by atoms with Crippen LogP contribution in [0.5, 0.6) is 5.75 Å². The Bertz CT molecular complexity index is 838. The standard InChI is InChI=1S/C23H31N3O3/c1-16(2)29-15-23(27)26-10-6-7-18(14-26)22-13-20(11-17(3)24-22)25-19-8-5-9-21(12-19)28-4/h5,8-9,11-13,16,18H,6-7,10,14-15H2,1-4H3,(H,24,25)/t18-/m0/s1. The van der Waals surface area contributed by atoms with Gasteiger partial charge in [0.1, 0.15) is 12.4 Å². The number of rotatable bonds is 7. The van der Waals surface area contributed by atoms with Crippen LogP contribution < -0.4 is 10.1 Å². The first kappa shape index (κ1) is 21.1. The Morgan fingerprint density at radius 2 is 2.10 bits per heavy atom. The van der Waals surface area contributed by atoms with Crippen LogP contribution in [0.1, 0.15) is 44.0 Å². The lowest BCUT2D eigenvalue weighted by atomic mass is 9.93. The minimum Gasteiger partial charge on any atom is -0.497 e. The normalized spacial score (nSPS) is 16.7. The highest BCUT2D eigenvalue weighted by Crippen LogP contribution is 2.29. The molecule has 1 fully saturated rings. The van der Waals surface area contributed by atoms with E-state index in [0.717, 1.165) is 47.9 Å². The molecule has 1 aromatic heterocycles. The van der Waals surface area contributed by atoms with Crippen molar-refractivity contribution in [3.05, 3.63) is 47.8 Å². The molecule has 0 spiro atoms. The third-order valence-corrected chi connectivity index (χ3v) is 5.06. The Labute approximate surface area is 173 Å². The Kier molecular flexibility index (Phi) is 7.09. The Morgan fingerprint density at radius 1 is 1.28 bits per heavy atom. The number of aromatic nitrogens is 1. The van der Waals surface area contributed by atoms with Crippen LogP contribution in [0.3, 0.4) is 0 Å². The van der Waals surface area contributed by atoms with Gasteiger partial charge in [-0.05, 0) is 57.9 Å². The van der Waals surface area contributed by atoms with Gasteiger partial charge in [0.15, 0.2) is 0 Å². The van der Waals surface area contributed by atoms with Gasteiger partial charge in [-0.25, -0.2) is 0 Å². The van der Waals surface area contributed by atoms with E-state index in [1.165, 1.54) is 0 Å². The van der Waals surface area contributed by atoms with Crippen LogP contribution >= 0.6 is 0 Å². The molecule has 0 unspecified atom stereocenters. The van der Waals surface area contributed by atoms with Crippen molar-refractivity contribution in [2.24, 2.45) is 0 Å². The fourth-order valence-corrected chi connectivity index (χ4v) is 3.62. The maximum absolute atomic E-state index is 12.5. The van der Waals surface area contributed by atoms with Crippen molar-refractivity contribution in [3.8, 4) is 5.75 Å². The topological polar surface area (TPSA) is 63.7 Å². The van der Waals surface area contributed by atoms with Crippen molar-refractivity contribution in [1.82, 2.24) is 9.88 Å². The van der Waals surface area contributed by atoms with Gasteiger partial charge < -0.3 is 19.7 Å². The Morgan fingerprint density at radius 3 is 2.86 bits per heavy atom. The number of carbonyl (C=O) groups is 1. The second-order valence-corrected chi connectivity index (χ2v) is 7.82. The summed E-state index contributed by atoms with van der Waals surface area (Å²) in [7, 11) is 1.66. The maximum Gasteiger partial charge on any atom is 0.248 e. The lowest BCUT2D eigenvalue weighted by molar-refractivity contribution is -0.138. The first-order valence-electron chi connectivity index (χ1n) is 10.2. The van der Waals surface area contributed by atoms with E-state index >= 15 is 0 Å². The summed E-state index contributed by atoms with van der Waals surface area (Å²) in [5.41, 5.74) is 3.94. The molecule has 0 aliphatic carbocycles. The maximum atomic E-state index is 12.5. The molecule has 1 aliphatic heterocycles. The van der Waals surface area contributed by atoms with Gasteiger partial charge in [0.25, 0.3) is 0 Å². The van der Waals surface area contributed by atoms with E-state index in [1.807, 2.05) is 56.0 Å². The molecular weight excluding hydrogens is 366 g/mol. The molecule has 1 N–H and O–H groups in total. The summed E-state index contributed by atoms with van der Waals surface area (Å²) in [5.74, 6) is 1.11. The molecule has 156 valence electrons.